The molecule has 0 aromatic heterocycles. The molecular weight excluding hydrogens is 569 g/mol. The van der Waals surface area contributed by atoms with Crippen molar-refractivity contribution in [2.24, 2.45) is 0 Å². The maximum Gasteiger partial charge on any atom is 0.264 e. The Labute approximate surface area is 247 Å². The Kier molecular flexibility index (Phi) is 10.6. The molecular formula is C30H35Cl2N3O4S. The van der Waals surface area contributed by atoms with Crippen LogP contribution >= 0.6 is 23.2 Å². The summed E-state index contributed by atoms with van der Waals surface area (Å²) < 4.78 is 29.1. The SMILES string of the molecule is CCCNC(=O)C(C)N(Cc1ccc(Cl)c(Cl)c1)C(=O)CN(c1cc(C)ccc1C)S(=O)(=O)c1ccc(C)cc1. The Bertz CT molecular complexity index is 1480. The van der Waals surface area contributed by atoms with Gasteiger partial charge in [0.25, 0.3) is 10.0 Å². The average Bonchev–Trinajstić information content (AvgIpc) is 2.92. The van der Waals surface area contributed by atoms with Gasteiger partial charge in [0.2, 0.25) is 11.8 Å². The fourth-order valence-corrected chi connectivity index (χ4v) is 5.94. The van der Waals surface area contributed by atoms with E-state index in [0.29, 0.717) is 33.4 Å². The molecule has 3 aromatic carbocycles. The zero-order valence-corrected chi connectivity index (χ0v) is 25.7. The van der Waals surface area contributed by atoms with Gasteiger partial charge in [0, 0.05) is 13.1 Å². The molecule has 0 aliphatic carbocycles. The Balaban J connectivity index is 2.07. The summed E-state index contributed by atoms with van der Waals surface area (Å²) in [6, 6.07) is 16.0. The van der Waals surface area contributed by atoms with Crippen LogP contribution in [0, 0.1) is 20.8 Å². The lowest BCUT2D eigenvalue weighted by atomic mass is 10.1. The monoisotopic (exact) mass is 603 g/mol. The minimum atomic E-state index is -4.14. The van der Waals surface area contributed by atoms with Crippen molar-refractivity contribution in [2.45, 2.75) is 58.5 Å². The number of anilines is 1. The summed E-state index contributed by atoms with van der Waals surface area (Å²) in [7, 11) is -4.14. The summed E-state index contributed by atoms with van der Waals surface area (Å²) in [5.74, 6) is -0.878. The van der Waals surface area contributed by atoms with Crippen molar-refractivity contribution in [3.63, 3.8) is 0 Å². The van der Waals surface area contributed by atoms with Crippen molar-refractivity contribution in [1.29, 1.82) is 0 Å². The molecule has 0 aliphatic rings. The van der Waals surface area contributed by atoms with E-state index in [1.807, 2.05) is 32.9 Å². The molecule has 0 aliphatic heterocycles. The lowest BCUT2D eigenvalue weighted by molar-refractivity contribution is -0.139. The van der Waals surface area contributed by atoms with E-state index in [4.69, 9.17) is 23.2 Å². The fourth-order valence-electron chi connectivity index (χ4n) is 4.15. The normalized spacial score (nSPS) is 12.1. The van der Waals surface area contributed by atoms with Gasteiger partial charge < -0.3 is 10.2 Å². The highest BCUT2D eigenvalue weighted by Crippen LogP contribution is 2.29. The summed E-state index contributed by atoms with van der Waals surface area (Å²) in [5.41, 5.74) is 3.49. The van der Waals surface area contributed by atoms with Gasteiger partial charge in [0.05, 0.1) is 20.6 Å². The number of nitrogens with one attached hydrogen (secondary N) is 1. The molecule has 1 N–H and O–H groups in total. The molecule has 7 nitrogen and oxygen atoms in total. The van der Waals surface area contributed by atoms with E-state index < -0.39 is 28.5 Å². The number of halogens is 2. The van der Waals surface area contributed by atoms with Crippen LogP contribution in [0.25, 0.3) is 0 Å². The largest absolute Gasteiger partial charge is 0.354 e. The molecule has 214 valence electrons. The maximum atomic E-state index is 14.0. The van der Waals surface area contributed by atoms with Crippen LogP contribution in [0.5, 0.6) is 0 Å². The third-order valence-corrected chi connectivity index (χ3v) is 9.09. The van der Waals surface area contributed by atoms with Gasteiger partial charge in [-0.3, -0.25) is 13.9 Å². The van der Waals surface area contributed by atoms with E-state index in [2.05, 4.69) is 5.32 Å². The summed E-state index contributed by atoms with van der Waals surface area (Å²) >= 11 is 12.3. The number of rotatable bonds is 11. The molecule has 0 saturated heterocycles. The predicted octanol–water partition coefficient (Wildman–Crippen LogP) is 6.06. The number of amides is 2. The second kappa shape index (κ2) is 13.5. The van der Waals surface area contributed by atoms with Crippen molar-refractivity contribution >= 4 is 50.7 Å². The molecule has 0 fully saturated rings. The molecule has 1 atom stereocenters. The molecule has 0 bridgehead atoms. The van der Waals surface area contributed by atoms with Crippen LogP contribution in [0.2, 0.25) is 10.0 Å². The molecule has 3 rings (SSSR count). The first-order valence-corrected chi connectivity index (χ1v) is 15.2. The van der Waals surface area contributed by atoms with Crippen molar-refractivity contribution < 1.29 is 18.0 Å². The molecule has 1 unspecified atom stereocenters. The fraction of sp³-hybridized carbons (Fsp3) is 0.333. The summed E-state index contributed by atoms with van der Waals surface area (Å²) in [5, 5.41) is 3.50. The van der Waals surface area contributed by atoms with Crippen LogP contribution in [0.15, 0.2) is 65.6 Å². The van der Waals surface area contributed by atoms with Crippen LogP contribution < -0.4 is 9.62 Å². The summed E-state index contributed by atoms with van der Waals surface area (Å²) in [4.78, 5) is 28.4. The standard InChI is InChI=1S/C30H35Cl2N3O4S/c1-6-15-33-30(37)23(5)34(18-24-11-14-26(31)27(32)17-24)29(36)19-35(28-16-21(3)7-10-22(28)4)40(38,39)25-12-8-20(2)9-13-25/h7-14,16-17,23H,6,15,18-19H2,1-5H3,(H,33,37). The number of benzene rings is 3. The van der Waals surface area contributed by atoms with E-state index in [1.54, 1.807) is 50.2 Å². The summed E-state index contributed by atoms with van der Waals surface area (Å²) in [6.07, 6.45) is 0.731. The molecule has 3 aromatic rings. The number of aryl methyl sites for hydroxylation is 3. The smallest absolute Gasteiger partial charge is 0.264 e. The van der Waals surface area contributed by atoms with Gasteiger partial charge >= 0.3 is 0 Å². The van der Waals surface area contributed by atoms with Gasteiger partial charge in [-0.25, -0.2) is 8.42 Å². The van der Waals surface area contributed by atoms with E-state index in [0.717, 1.165) is 21.9 Å². The number of hydrogen-bond donors (Lipinski definition) is 1. The summed E-state index contributed by atoms with van der Waals surface area (Å²) in [6.45, 7) is 9.06. The third-order valence-electron chi connectivity index (χ3n) is 6.57. The highest BCUT2D eigenvalue weighted by molar-refractivity contribution is 7.92. The van der Waals surface area contributed by atoms with Crippen LogP contribution in [0.3, 0.4) is 0 Å². The van der Waals surface area contributed by atoms with Crippen LogP contribution in [0.1, 0.15) is 42.5 Å². The first kappa shape index (κ1) is 31.5. The van der Waals surface area contributed by atoms with Gasteiger partial charge in [-0.05, 0) is 81.1 Å². The molecule has 2 amide bonds. The second-order valence-corrected chi connectivity index (χ2v) is 12.5. The highest BCUT2D eigenvalue weighted by Gasteiger charge is 2.33. The Hall–Kier alpha value is -3.07. The van der Waals surface area contributed by atoms with Gasteiger partial charge in [0.1, 0.15) is 12.6 Å². The molecule has 0 saturated carbocycles. The quantitative estimate of drug-likeness (QED) is 0.289. The first-order valence-electron chi connectivity index (χ1n) is 13.0. The zero-order chi connectivity index (χ0) is 29.6. The Morgan fingerprint density at radius 2 is 1.55 bits per heavy atom. The van der Waals surface area contributed by atoms with Crippen LogP contribution in [0.4, 0.5) is 5.69 Å². The Morgan fingerprint density at radius 1 is 0.900 bits per heavy atom. The first-order chi connectivity index (χ1) is 18.8. The van der Waals surface area contributed by atoms with Gasteiger partial charge in [-0.2, -0.15) is 0 Å². The minimum Gasteiger partial charge on any atom is -0.354 e. The average molecular weight is 605 g/mol. The maximum absolute atomic E-state index is 14.0. The number of nitrogens with zero attached hydrogens (tertiary/aromatic N) is 2. The predicted molar refractivity (Wildman–Crippen MR) is 161 cm³/mol. The lowest BCUT2D eigenvalue weighted by Crippen LogP contribution is -2.51. The molecule has 0 radical (unpaired) electrons. The topological polar surface area (TPSA) is 86.8 Å². The van der Waals surface area contributed by atoms with Crippen molar-refractivity contribution in [1.82, 2.24) is 10.2 Å². The Morgan fingerprint density at radius 3 is 2.17 bits per heavy atom. The third kappa shape index (κ3) is 7.56. The van der Waals surface area contributed by atoms with Gasteiger partial charge in [0.15, 0.2) is 0 Å². The minimum absolute atomic E-state index is 0.0294. The molecule has 10 heteroatoms. The molecule has 0 spiro atoms. The number of sulfonamides is 1. The zero-order valence-electron chi connectivity index (χ0n) is 23.4. The number of carbonyl (C=O) groups excluding carboxylic acids is 2. The van der Waals surface area contributed by atoms with Crippen molar-refractivity contribution in [3.05, 3.63) is 93.0 Å². The van der Waals surface area contributed by atoms with E-state index >= 15 is 0 Å². The molecule has 40 heavy (non-hydrogen) atoms. The second-order valence-electron chi connectivity index (χ2n) is 9.85. The number of carbonyl (C=O) groups is 2. The highest BCUT2D eigenvalue weighted by atomic mass is 35.5. The van der Waals surface area contributed by atoms with Gasteiger partial charge in [-0.15, -0.1) is 0 Å². The van der Waals surface area contributed by atoms with E-state index in [1.165, 1.54) is 17.0 Å². The van der Waals surface area contributed by atoms with Crippen LogP contribution in [-0.4, -0.2) is 44.3 Å². The van der Waals surface area contributed by atoms with E-state index in [9.17, 15) is 18.0 Å². The van der Waals surface area contributed by atoms with Crippen LogP contribution in [-0.2, 0) is 26.2 Å². The van der Waals surface area contributed by atoms with Gasteiger partial charge in [-0.1, -0.05) is 66.0 Å². The lowest BCUT2D eigenvalue weighted by Gasteiger charge is -2.32. The number of hydrogen-bond acceptors (Lipinski definition) is 4. The van der Waals surface area contributed by atoms with Crippen molar-refractivity contribution in [2.75, 3.05) is 17.4 Å². The van der Waals surface area contributed by atoms with Crippen molar-refractivity contribution in [3.8, 4) is 0 Å². The van der Waals surface area contributed by atoms with E-state index in [-0.39, 0.29) is 17.3 Å². The molecule has 0 heterocycles.